The molecule has 0 saturated carbocycles. The second-order valence-corrected chi connectivity index (χ2v) is 5.35. The van der Waals surface area contributed by atoms with E-state index in [9.17, 15) is 14.4 Å². The monoisotopic (exact) mass is 320 g/mol. The Bertz CT molecular complexity index is 602. The molecule has 1 aromatic carbocycles. The van der Waals surface area contributed by atoms with Crippen LogP contribution in [0.2, 0.25) is 0 Å². The minimum Gasteiger partial charge on any atom is -0.479 e. The number of carboxylic acid groups (broad SMARTS) is 1. The van der Waals surface area contributed by atoms with E-state index in [1.165, 1.54) is 0 Å². The topological polar surface area (TPSA) is 105 Å². The zero-order chi connectivity index (χ0) is 16.8. The van der Waals surface area contributed by atoms with E-state index >= 15 is 0 Å². The van der Waals surface area contributed by atoms with Crippen LogP contribution < -0.4 is 10.6 Å². The van der Waals surface area contributed by atoms with Crippen LogP contribution in [0, 0.1) is 0 Å². The van der Waals surface area contributed by atoms with E-state index in [0.29, 0.717) is 30.6 Å². The molecule has 3 N–H and O–H groups in total. The van der Waals surface area contributed by atoms with E-state index in [1.54, 1.807) is 24.3 Å². The predicted octanol–water partition coefficient (Wildman–Crippen LogP) is 1.40. The van der Waals surface area contributed by atoms with Crippen LogP contribution in [0.5, 0.6) is 0 Å². The fourth-order valence-electron chi connectivity index (χ4n) is 2.31. The minimum absolute atomic E-state index is 0.203. The zero-order valence-electron chi connectivity index (χ0n) is 12.9. The van der Waals surface area contributed by atoms with Crippen LogP contribution in [-0.4, -0.2) is 41.6 Å². The Balaban J connectivity index is 1.96. The van der Waals surface area contributed by atoms with Crippen molar-refractivity contribution >= 4 is 23.5 Å². The average Bonchev–Trinajstić information content (AvgIpc) is 3.03. The Labute approximate surface area is 134 Å². The Morgan fingerprint density at radius 3 is 2.65 bits per heavy atom. The predicted molar refractivity (Wildman–Crippen MR) is 83.2 cm³/mol. The first-order valence-corrected chi connectivity index (χ1v) is 7.58. The Hall–Kier alpha value is -2.41. The second kappa shape index (κ2) is 7.73. The normalized spacial score (nSPS) is 20.0. The van der Waals surface area contributed by atoms with Gasteiger partial charge < -0.3 is 20.5 Å². The van der Waals surface area contributed by atoms with Gasteiger partial charge in [-0.05, 0) is 37.5 Å². The number of nitrogens with one attached hydrogen (secondary N) is 2. The lowest BCUT2D eigenvalue weighted by Crippen LogP contribution is -2.30. The summed E-state index contributed by atoms with van der Waals surface area (Å²) < 4.78 is 5.20. The fraction of sp³-hybridized carbons (Fsp3) is 0.438. The summed E-state index contributed by atoms with van der Waals surface area (Å²) in [7, 11) is 0. The number of carbonyl (C=O) groups is 3. The summed E-state index contributed by atoms with van der Waals surface area (Å²) in [5.41, 5.74) is 0.925. The standard InChI is InChI=1S/C16H20N2O5/c1-2-8-17-14(19)10-4-3-5-11(9-10)18-15(20)12-6-7-13(23-12)16(21)22/h3-5,9,12-13H,2,6-8H2,1H3,(H,17,19)(H,18,20)(H,21,22)/t12-,13+/m0/s1. The van der Waals surface area contributed by atoms with Crippen molar-refractivity contribution in [3.63, 3.8) is 0 Å². The number of hydrogen-bond acceptors (Lipinski definition) is 4. The molecule has 7 heteroatoms. The molecule has 1 aromatic rings. The van der Waals surface area contributed by atoms with Gasteiger partial charge in [-0.25, -0.2) is 4.79 Å². The molecule has 1 saturated heterocycles. The highest BCUT2D eigenvalue weighted by Crippen LogP contribution is 2.21. The van der Waals surface area contributed by atoms with Crippen LogP contribution >= 0.6 is 0 Å². The van der Waals surface area contributed by atoms with Crippen LogP contribution in [0.3, 0.4) is 0 Å². The Morgan fingerprint density at radius 2 is 2.00 bits per heavy atom. The number of amides is 2. The summed E-state index contributed by atoms with van der Waals surface area (Å²) in [5.74, 6) is -1.67. The van der Waals surface area contributed by atoms with Crippen molar-refractivity contribution in [2.24, 2.45) is 0 Å². The highest BCUT2D eigenvalue weighted by atomic mass is 16.5. The summed E-state index contributed by atoms with van der Waals surface area (Å²) in [5, 5.41) is 14.3. The number of aliphatic carboxylic acids is 1. The lowest BCUT2D eigenvalue weighted by Gasteiger charge is -2.12. The summed E-state index contributed by atoms with van der Waals surface area (Å²) >= 11 is 0. The highest BCUT2D eigenvalue weighted by Gasteiger charge is 2.34. The van der Waals surface area contributed by atoms with Crippen LogP contribution in [0.25, 0.3) is 0 Å². The molecular weight excluding hydrogens is 300 g/mol. The largest absolute Gasteiger partial charge is 0.479 e. The average molecular weight is 320 g/mol. The molecule has 124 valence electrons. The molecule has 1 aliphatic rings. The third-order valence-corrected chi connectivity index (χ3v) is 3.52. The molecule has 0 aromatic heterocycles. The molecule has 0 spiro atoms. The molecule has 2 rings (SSSR count). The smallest absolute Gasteiger partial charge is 0.332 e. The maximum absolute atomic E-state index is 12.1. The third-order valence-electron chi connectivity index (χ3n) is 3.52. The molecule has 1 heterocycles. The van der Waals surface area contributed by atoms with Crippen LogP contribution in [0.4, 0.5) is 5.69 Å². The van der Waals surface area contributed by atoms with Crippen molar-refractivity contribution in [2.75, 3.05) is 11.9 Å². The van der Waals surface area contributed by atoms with Gasteiger partial charge in [0.15, 0.2) is 6.10 Å². The zero-order valence-corrected chi connectivity index (χ0v) is 12.9. The van der Waals surface area contributed by atoms with E-state index in [2.05, 4.69) is 10.6 Å². The Morgan fingerprint density at radius 1 is 1.26 bits per heavy atom. The van der Waals surface area contributed by atoms with Gasteiger partial charge in [-0.15, -0.1) is 0 Å². The van der Waals surface area contributed by atoms with Gasteiger partial charge in [-0.2, -0.15) is 0 Å². The molecule has 2 amide bonds. The number of anilines is 1. The van der Waals surface area contributed by atoms with Crippen LogP contribution in [-0.2, 0) is 14.3 Å². The first kappa shape index (κ1) is 17.0. The minimum atomic E-state index is -1.06. The SMILES string of the molecule is CCCNC(=O)c1cccc(NC(=O)[C@@H]2CC[C@H](C(=O)O)O2)c1. The van der Waals surface area contributed by atoms with Gasteiger partial charge >= 0.3 is 5.97 Å². The maximum Gasteiger partial charge on any atom is 0.332 e. The third kappa shape index (κ3) is 4.53. The lowest BCUT2D eigenvalue weighted by molar-refractivity contribution is -0.150. The highest BCUT2D eigenvalue weighted by molar-refractivity contribution is 5.98. The van der Waals surface area contributed by atoms with Gasteiger partial charge in [-0.1, -0.05) is 13.0 Å². The Kier molecular flexibility index (Phi) is 5.70. The van der Waals surface area contributed by atoms with Crippen molar-refractivity contribution < 1.29 is 24.2 Å². The number of hydrogen-bond donors (Lipinski definition) is 3. The van der Waals surface area contributed by atoms with Crippen molar-refractivity contribution in [1.29, 1.82) is 0 Å². The quantitative estimate of drug-likeness (QED) is 0.735. The van der Waals surface area contributed by atoms with Crippen molar-refractivity contribution in [3.05, 3.63) is 29.8 Å². The van der Waals surface area contributed by atoms with E-state index in [1.807, 2.05) is 6.92 Å². The number of ether oxygens (including phenoxy) is 1. The maximum atomic E-state index is 12.1. The van der Waals surface area contributed by atoms with E-state index in [-0.39, 0.29) is 5.91 Å². The molecule has 7 nitrogen and oxygen atoms in total. The molecule has 0 radical (unpaired) electrons. The lowest BCUT2D eigenvalue weighted by atomic mass is 10.1. The van der Waals surface area contributed by atoms with Crippen LogP contribution in [0.15, 0.2) is 24.3 Å². The number of carbonyl (C=O) groups excluding carboxylic acids is 2. The number of carboxylic acids is 1. The van der Waals surface area contributed by atoms with Gasteiger partial charge in [0.2, 0.25) is 0 Å². The molecule has 23 heavy (non-hydrogen) atoms. The molecule has 1 fully saturated rings. The molecule has 0 bridgehead atoms. The van der Waals surface area contributed by atoms with E-state index in [4.69, 9.17) is 9.84 Å². The number of benzene rings is 1. The number of rotatable bonds is 6. The van der Waals surface area contributed by atoms with Gasteiger partial charge in [0.25, 0.3) is 11.8 Å². The van der Waals surface area contributed by atoms with Gasteiger partial charge in [-0.3, -0.25) is 9.59 Å². The summed E-state index contributed by atoms with van der Waals surface area (Å²) in [4.78, 5) is 34.8. The summed E-state index contributed by atoms with van der Waals surface area (Å²) in [6.45, 7) is 2.55. The van der Waals surface area contributed by atoms with Gasteiger partial charge in [0.05, 0.1) is 0 Å². The van der Waals surface area contributed by atoms with Crippen molar-refractivity contribution in [2.45, 2.75) is 38.4 Å². The molecule has 1 aliphatic heterocycles. The van der Waals surface area contributed by atoms with E-state index < -0.39 is 24.1 Å². The summed E-state index contributed by atoms with van der Waals surface area (Å²) in [6.07, 6.45) is -0.205. The van der Waals surface area contributed by atoms with Crippen LogP contribution in [0.1, 0.15) is 36.5 Å². The molecule has 2 atom stereocenters. The second-order valence-electron chi connectivity index (χ2n) is 5.35. The van der Waals surface area contributed by atoms with Gasteiger partial charge in [0.1, 0.15) is 6.10 Å². The molecule has 0 unspecified atom stereocenters. The van der Waals surface area contributed by atoms with Gasteiger partial charge in [0, 0.05) is 17.8 Å². The molecular formula is C16H20N2O5. The fourth-order valence-corrected chi connectivity index (χ4v) is 2.31. The van der Waals surface area contributed by atoms with Crippen molar-refractivity contribution in [1.82, 2.24) is 5.32 Å². The van der Waals surface area contributed by atoms with E-state index in [0.717, 1.165) is 6.42 Å². The van der Waals surface area contributed by atoms with Crippen molar-refractivity contribution in [3.8, 4) is 0 Å². The molecule has 0 aliphatic carbocycles. The first-order valence-electron chi connectivity index (χ1n) is 7.58. The summed E-state index contributed by atoms with van der Waals surface area (Å²) in [6, 6.07) is 6.57. The first-order chi connectivity index (χ1) is 11.0.